The van der Waals surface area contributed by atoms with Crippen molar-refractivity contribution < 1.29 is 4.79 Å². The third-order valence-corrected chi connectivity index (χ3v) is 4.92. The molecule has 3 aromatic heterocycles. The van der Waals surface area contributed by atoms with E-state index in [0.29, 0.717) is 24.6 Å². The number of carbonyl (C=O) groups excluding carboxylic acids is 1. The van der Waals surface area contributed by atoms with E-state index in [-0.39, 0.29) is 36.8 Å². The summed E-state index contributed by atoms with van der Waals surface area (Å²) < 4.78 is 3.87. The summed E-state index contributed by atoms with van der Waals surface area (Å²) in [5, 5.41) is 8.68. The van der Waals surface area contributed by atoms with Gasteiger partial charge >= 0.3 is 0 Å². The molecule has 1 aliphatic rings. The predicted octanol–water partition coefficient (Wildman–Crippen LogP) is 2.45. The van der Waals surface area contributed by atoms with Crippen molar-refractivity contribution in [3.63, 3.8) is 0 Å². The molecule has 29 heavy (non-hydrogen) atoms. The van der Waals surface area contributed by atoms with Gasteiger partial charge in [-0.25, -0.2) is 14.6 Å². The van der Waals surface area contributed by atoms with Crippen molar-refractivity contribution in [1.82, 2.24) is 34.5 Å². The van der Waals surface area contributed by atoms with Gasteiger partial charge in [0.1, 0.15) is 11.9 Å². The number of aromatic nitrogens is 5. The number of nitrogens with one attached hydrogen (secondary N) is 1. The largest absolute Gasteiger partial charge is 0.336 e. The van der Waals surface area contributed by atoms with Gasteiger partial charge in [0.25, 0.3) is 5.91 Å². The molecule has 1 aliphatic heterocycles. The molecule has 1 unspecified atom stereocenters. The number of halogens is 2. The zero-order chi connectivity index (χ0) is 19.0. The molecular formula is C19H27Cl2N7O. The van der Waals surface area contributed by atoms with Crippen molar-refractivity contribution in [2.24, 2.45) is 13.0 Å². The van der Waals surface area contributed by atoms with Gasteiger partial charge in [-0.15, -0.1) is 24.8 Å². The second-order valence-corrected chi connectivity index (χ2v) is 7.47. The zero-order valence-electron chi connectivity index (χ0n) is 16.8. The first-order valence-corrected chi connectivity index (χ1v) is 9.35. The Balaban J connectivity index is 0.00000150. The van der Waals surface area contributed by atoms with Crippen LogP contribution in [0.2, 0.25) is 0 Å². The molecule has 4 rings (SSSR count). The fraction of sp³-hybridized carbons (Fsp3) is 0.474. The van der Waals surface area contributed by atoms with E-state index in [2.05, 4.69) is 34.2 Å². The molecule has 3 aromatic rings. The summed E-state index contributed by atoms with van der Waals surface area (Å²) in [6.45, 7) is 7.21. The van der Waals surface area contributed by atoms with Crippen molar-refractivity contribution in [3.8, 4) is 0 Å². The van der Waals surface area contributed by atoms with Crippen molar-refractivity contribution in [1.29, 1.82) is 0 Å². The van der Waals surface area contributed by atoms with E-state index in [0.717, 1.165) is 29.9 Å². The molecule has 0 bridgehead atoms. The lowest BCUT2D eigenvalue weighted by molar-refractivity contribution is 0.0620. The minimum absolute atomic E-state index is 0. The van der Waals surface area contributed by atoms with Crippen LogP contribution < -0.4 is 5.32 Å². The molecule has 0 aliphatic carbocycles. The Bertz CT molecular complexity index is 969. The third kappa shape index (κ3) is 4.55. The summed E-state index contributed by atoms with van der Waals surface area (Å²) in [5.41, 5.74) is 1.41. The standard InChI is InChI=1S/C19H25N7O.2ClH/c1-13(2)12-26-17-14(10-23-26)8-15(9-22-17)19(27)25-7-4-20-11-16(25)18-21-5-6-24(18)3;;/h5-6,8-10,13,16,20H,4,7,11-12H2,1-3H3;2*1H. The fourth-order valence-corrected chi connectivity index (χ4v) is 3.61. The van der Waals surface area contributed by atoms with Crippen LogP contribution in [0.3, 0.4) is 0 Å². The van der Waals surface area contributed by atoms with E-state index in [1.807, 2.05) is 33.5 Å². The number of aryl methyl sites for hydroxylation is 1. The van der Waals surface area contributed by atoms with E-state index in [1.54, 1.807) is 18.6 Å². The topological polar surface area (TPSA) is 80.9 Å². The summed E-state index contributed by atoms with van der Waals surface area (Å²) in [6, 6.07) is 1.80. The van der Waals surface area contributed by atoms with Gasteiger partial charge in [0, 0.05) is 57.2 Å². The number of hydrogen-bond donors (Lipinski definition) is 1. The smallest absolute Gasteiger partial charge is 0.256 e. The van der Waals surface area contributed by atoms with E-state index >= 15 is 0 Å². The van der Waals surface area contributed by atoms with Crippen LogP contribution in [0.5, 0.6) is 0 Å². The van der Waals surface area contributed by atoms with Crippen molar-refractivity contribution >= 4 is 41.8 Å². The average Bonchev–Trinajstić information content (AvgIpc) is 3.26. The zero-order valence-corrected chi connectivity index (χ0v) is 18.4. The Morgan fingerprint density at radius 1 is 1.28 bits per heavy atom. The first kappa shape index (κ1) is 23.1. The van der Waals surface area contributed by atoms with Gasteiger partial charge in [-0.1, -0.05) is 13.8 Å². The van der Waals surface area contributed by atoms with E-state index in [4.69, 9.17) is 0 Å². The molecular weight excluding hydrogens is 413 g/mol. The number of imidazole rings is 1. The van der Waals surface area contributed by atoms with Crippen molar-refractivity contribution in [3.05, 3.63) is 42.2 Å². The fourth-order valence-electron chi connectivity index (χ4n) is 3.61. The van der Waals surface area contributed by atoms with Crippen LogP contribution in [0.1, 0.15) is 36.1 Å². The maximum absolute atomic E-state index is 13.2. The maximum atomic E-state index is 13.2. The van der Waals surface area contributed by atoms with Gasteiger partial charge in [-0.3, -0.25) is 4.79 Å². The number of pyridine rings is 1. The SMILES string of the molecule is CC(C)Cn1ncc2cc(C(=O)N3CCNCC3c3nccn3C)cnc21.Cl.Cl. The highest BCUT2D eigenvalue weighted by molar-refractivity contribution is 5.97. The normalized spacial score (nSPS) is 16.6. The highest BCUT2D eigenvalue weighted by atomic mass is 35.5. The van der Waals surface area contributed by atoms with Crippen LogP contribution in [0.15, 0.2) is 30.9 Å². The lowest BCUT2D eigenvalue weighted by Gasteiger charge is -2.35. The first-order chi connectivity index (χ1) is 13.0. The number of carbonyl (C=O) groups is 1. The van der Waals surface area contributed by atoms with Crippen molar-refractivity contribution in [2.75, 3.05) is 19.6 Å². The molecule has 8 nitrogen and oxygen atoms in total. The van der Waals surface area contributed by atoms with Gasteiger partial charge < -0.3 is 14.8 Å². The molecule has 1 atom stereocenters. The number of amides is 1. The van der Waals surface area contributed by atoms with Crippen LogP contribution in [0.4, 0.5) is 0 Å². The molecule has 10 heteroatoms. The van der Waals surface area contributed by atoms with Crippen molar-refractivity contribution in [2.45, 2.75) is 26.4 Å². The Morgan fingerprint density at radius 3 is 2.76 bits per heavy atom. The molecule has 1 N–H and O–H groups in total. The lowest BCUT2D eigenvalue weighted by Crippen LogP contribution is -2.49. The summed E-state index contributed by atoms with van der Waals surface area (Å²) in [6.07, 6.45) is 7.13. The van der Waals surface area contributed by atoms with Gasteiger partial charge in [0.15, 0.2) is 5.65 Å². The summed E-state index contributed by atoms with van der Waals surface area (Å²) in [5.74, 6) is 1.35. The number of fused-ring (bicyclic) bond motifs is 1. The Hall–Kier alpha value is -2.16. The third-order valence-electron chi connectivity index (χ3n) is 4.92. The summed E-state index contributed by atoms with van der Waals surface area (Å²) in [4.78, 5) is 24.1. The van der Waals surface area contributed by atoms with E-state index in [9.17, 15) is 4.79 Å². The molecule has 0 radical (unpaired) electrons. The van der Waals surface area contributed by atoms with Crippen LogP contribution in [0, 0.1) is 5.92 Å². The Morgan fingerprint density at radius 2 is 2.07 bits per heavy atom. The molecule has 158 valence electrons. The number of hydrogen-bond acceptors (Lipinski definition) is 5. The average molecular weight is 440 g/mol. The molecule has 4 heterocycles. The molecule has 0 aromatic carbocycles. The second kappa shape index (κ2) is 9.56. The number of nitrogens with zero attached hydrogens (tertiary/aromatic N) is 6. The first-order valence-electron chi connectivity index (χ1n) is 9.35. The lowest BCUT2D eigenvalue weighted by atomic mass is 10.1. The van der Waals surface area contributed by atoms with E-state index < -0.39 is 0 Å². The highest BCUT2D eigenvalue weighted by Crippen LogP contribution is 2.24. The minimum atomic E-state index is -0.0920. The van der Waals surface area contributed by atoms with Gasteiger partial charge in [0.2, 0.25) is 0 Å². The minimum Gasteiger partial charge on any atom is -0.336 e. The Kier molecular flexibility index (Phi) is 7.62. The molecule has 0 spiro atoms. The molecule has 0 saturated carbocycles. The maximum Gasteiger partial charge on any atom is 0.256 e. The van der Waals surface area contributed by atoms with Gasteiger partial charge in [0.05, 0.1) is 11.8 Å². The van der Waals surface area contributed by atoms with Crippen LogP contribution in [0.25, 0.3) is 11.0 Å². The van der Waals surface area contributed by atoms with Gasteiger partial charge in [-0.05, 0) is 12.0 Å². The molecule has 1 amide bonds. The Labute approximate surface area is 182 Å². The van der Waals surface area contributed by atoms with Gasteiger partial charge in [-0.2, -0.15) is 5.10 Å². The molecule has 1 saturated heterocycles. The highest BCUT2D eigenvalue weighted by Gasteiger charge is 2.31. The van der Waals surface area contributed by atoms with Crippen LogP contribution in [-0.2, 0) is 13.6 Å². The number of piperazine rings is 1. The predicted molar refractivity (Wildman–Crippen MR) is 117 cm³/mol. The second-order valence-electron chi connectivity index (χ2n) is 7.47. The quantitative estimate of drug-likeness (QED) is 0.674. The monoisotopic (exact) mass is 439 g/mol. The number of rotatable bonds is 4. The summed E-state index contributed by atoms with van der Waals surface area (Å²) in [7, 11) is 1.95. The summed E-state index contributed by atoms with van der Waals surface area (Å²) >= 11 is 0. The van der Waals surface area contributed by atoms with E-state index in [1.165, 1.54) is 0 Å². The van der Waals surface area contributed by atoms with Crippen LogP contribution >= 0.6 is 24.8 Å². The molecule has 1 fully saturated rings. The van der Waals surface area contributed by atoms with Crippen LogP contribution in [-0.4, -0.2) is 54.8 Å².